The van der Waals surface area contributed by atoms with E-state index in [0.717, 1.165) is 0 Å². The lowest BCUT2D eigenvalue weighted by atomic mass is 10.0. The lowest BCUT2D eigenvalue weighted by Crippen LogP contribution is -2.13. The van der Waals surface area contributed by atoms with Crippen molar-refractivity contribution in [2.24, 2.45) is 5.73 Å². The highest BCUT2D eigenvalue weighted by atomic mass is 35.5. The Balaban J connectivity index is 2.42. The maximum atomic E-state index is 10.6. The number of carbonyl (C=O) groups is 1. The van der Waals surface area contributed by atoms with E-state index in [1.165, 1.54) is 13.4 Å². The molecular formula is C13H14ClNO4. The summed E-state index contributed by atoms with van der Waals surface area (Å²) in [6.45, 7) is 0. The topological polar surface area (TPSA) is 85.7 Å². The molecule has 0 aliphatic carbocycles. The zero-order valence-corrected chi connectivity index (χ0v) is 11.1. The standard InChI is InChI=1S/C13H14ClNO4/c1-18-10-6-8(9(15)2-3-11(16)17)12(14)7-4-5-19-13(7)10/h4-6,9H,2-3,15H2,1H3,(H,16,17). The number of aliphatic carboxylic acids is 1. The number of furan rings is 1. The van der Waals surface area contributed by atoms with Crippen LogP contribution >= 0.6 is 11.6 Å². The highest BCUT2D eigenvalue weighted by molar-refractivity contribution is 6.36. The molecule has 2 rings (SSSR count). The van der Waals surface area contributed by atoms with Crippen LogP contribution in [0.5, 0.6) is 5.75 Å². The van der Waals surface area contributed by atoms with Crippen molar-refractivity contribution in [2.75, 3.05) is 7.11 Å². The number of carboxylic acids is 1. The Morgan fingerprint density at radius 2 is 2.37 bits per heavy atom. The Hall–Kier alpha value is -1.72. The number of hydrogen-bond acceptors (Lipinski definition) is 4. The fourth-order valence-corrected chi connectivity index (χ4v) is 2.30. The van der Waals surface area contributed by atoms with Crippen molar-refractivity contribution < 1.29 is 19.1 Å². The van der Waals surface area contributed by atoms with E-state index < -0.39 is 12.0 Å². The number of hydrogen-bond donors (Lipinski definition) is 2. The third kappa shape index (κ3) is 2.67. The summed E-state index contributed by atoms with van der Waals surface area (Å²) in [4.78, 5) is 10.6. The van der Waals surface area contributed by atoms with Gasteiger partial charge >= 0.3 is 5.97 Å². The van der Waals surface area contributed by atoms with Crippen molar-refractivity contribution in [3.05, 3.63) is 29.0 Å². The Kier molecular flexibility index (Phi) is 3.97. The summed E-state index contributed by atoms with van der Waals surface area (Å²) >= 11 is 6.28. The van der Waals surface area contributed by atoms with Crippen molar-refractivity contribution in [1.29, 1.82) is 0 Å². The van der Waals surface area contributed by atoms with Crippen LogP contribution in [0.2, 0.25) is 5.02 Å². The normalized spacial score (nSPS) is 12.6. The summed E-state index contributed by atoms with van der Waals surface area (Å²) in [7, 11) is 1.53. The van der Waals surface area contributed by atoms with Gasteiger partial charge in [-0.15, -0.1) is 0 Å². The van der Waals surface area contributed by atoms with Crippen molar-refractivity contribution in [2.45, 2.75) is 18.9 Å². The number of nitrogens with two attached hydrogens (primary N) is 1. The summed E-state index contributed by atoms with van der Waals surface area (Å²) in [5, 5.41) is 9.87. The molecule has 3 N–H and O–H groups in total. The predicted octanol–water partition coefficient (Wildman–Crippen LogP) is 2.96. The molecular weight excluding hydrogens is 270 g/mol. The Bertz CT molecular complexity index is 608. The van der Waals surface area contributed by atoms with Gasteiger partial charge in [-0.05, 0) is 24.1 Å². The molecule has 0 amide bonds. The molecule has 1 atom stereocenters. The van der Waals surface area contributed by atoms with Crippen LogP contribution in [-0.2, 0) is 4.79 Å². The van der Waals surface area contributed by atoms with Gasteiger partial charge in [-0.1, -0.05) is 11.6 Å². The molecule has 1 aromatic carbocycles. The number of ether oxygens (including phenoxy) is 1. The van der Waals surface area contributed by atoms with Gasteiger partial charge in [0.1, 0.15) is 0 Å². The second kappa shape index (κ2) is 5.50. The number of carboxylic acid groups (broad SMARTS) is 1. The highest BCUT2D eigenvalue weighted by Crippen LogP contribution is 2.38. The minimum absolute atomic E-state index is 0.0107. The zero-order chi connectivity index (χ0) is 14.0. The number of benzene rings is 1. The molecule has 0 bridgehead atoms. The van der Waals surface area contributed by atoms with Crippen LogP contribution in [0, 0.1) is 0 Å². The molecule has 1 heterocycles. The van der Waals surface area contributed by atoms with Crippen molar-refractivity contribution in [1.82, 2.24) is 0 Å². The molecule has 0 fully saturated rings. The van der Waals surface area contributed by atoms with Crippen molar-refractivity contribution in [3.8, 4) is 5.75 Å². The highest BCUT2D eigenvalue weighted by Gasteiger charge is 2.18. The van der Waals surface area contributed by atoms with E-state index in [1.807, 2.05) is 0 Å². The zero-order valence-electron chi connectivity index (χ0n) is 10.4. The molecule has 0 spiro atoms. The fraction of sp³-hybridized carbons (Fsp3) is 0.308. The summed E-state index contributed by atoms with van der Waals surface area (Å²) in [6, 6.07) is 2.96. The molecule has 6 heteroatoms. The lowest BCUT2D eigenvalue weighted by Gasteiger charge is -2.14. The number of rotatable bonds is 5. The fourth-order valence-electron chi connectivity index (χ4n) is 1.95. The van der Waals surface area contributed by atoms with E-state index in [4.69, 9.17) is 31.6 Å². The minimum atomic E-state index is -0.886. The third-order valence-corrected chi connectivity index (χ3v) is 3.38. The molecule has 1 unspecified atom stereocenters. The molecule has 1 aromatic heterocycles. The van der Waals surface area contributed by atoms with E-state index in [1.54, 1.807) is 12.1 Å². The quantitative estimate of drug-likeness (QED) is 0.881. The Labute approximate surface area is 114 Å². The van der Waals surface area contributed by atoms with Crippen LogP contribution in [-0.4, -0.2) is 18.2 Å². The van der Waals surface area contributed by atoms with Crippen LogP contribution in [0.3, 0.4) is 0 Å². The average Bonchev–Trinajstić information content (AvgIpc) is 2.86. The average molecular weight is 284 g/mol. The molecule has 19 heavy (non-hydrogen) atoms. The number of methoxy groups -OCH3 is 1. The third-order valence-electron chi connectivity index (χ3n) is 2.95. The first kappa shape index (κ1) is 13.7. The monoisotopic (exact) mass is 283 g/mol. The van der Waals surface area contributed by atoms with Crippen LogP contribution in [0.25, 0.3) is 11.0 Å². The van der Waals surface area contributed by atoms with Crippen LogP contribution in [0.15, 0.2) is 22.8 Å². The molecule has 0 saturated carbocycles. The van der Waals surface area contributed by atoms with E-state index >= 15 is 0 Å². The van der Waals surface area contributed by atoms with Gasteiger partial charge in [-0.2, -0.15) is 0 Å². The Morgan fingerprint density at radius 1 is 1.63 bits per heavy atom. The van der Waals surface area contributed by atoms with E-state index in [2.05, 4.69) is 0 Å². The van der Waals surface area contributed by atoms with Gasteiger partial charge in [0.05, 0.1) is 18.4 Å². The molecule has 5 nitrogen and oxygen atoms in total. The van der Waals surface area contributed by atoms with Gasteiger partial charge in [-0.3, -0.25) is 4.79 Å². The second-order valence-electron chi connectivity index (χ2n) is 4.18. The summed E-state index contributed by atoms with van der Waals surface area (Å²) in [5.41, 5.74) is 7.21. The largest absolute Gasteiger partial charge is 0.493 e. The van der Waals surface area contributed by atoms with Crippen molar-refractivity contribution in [3.63, 3.8) is 0 Å². The van der Waals surface area contributed by atoms with Gasteiger partial charge in [0, 0.05) is 17.8 Å². The second-order valence-corrected chi connectivity index (χ2v) is 4.56. The van der Waals surface area contributed by atoms with Crippen LogP contribution in [0.4, 0.5) is 0 Å². The van der Waals surface area contributed by atoms with Gasteiger partial charge in [0.2, 0.25) is 0 Å². The Morgan fingerprint density at radius 3 is 3.00 bits per heavy atom. The van der Waals surface area contributed by atoms with E-state index in [0.29, 0.717) is 33.7 Å². The maximum Gasteiger partial charge on any atom is 0.303 e. The molecule has 0 aliphatic heterocycles. The van der Waals surface area contributed by atoms with Gasteiger partial charge in [-0.25, -0.2) is 0 Å². The summed E-state index contributed by atoms with van der Waals surface area (Å²) in [5.74, 6) is -0.354. The number of fused-ring (bicyclic) bond motifs is 1. The van der Waals surface area contributed by atoms with E-state index in [9.17, 15) is 4.79 Å². The molecule has 0 aliphatic rings. The minimum Gasteiger partial charge on any atom is -0.493 e. The maximum absolute atomic E-state index is 10.6. The van der Waals surface area contributed by atoms with E-state index in [-0.39, 0.29) is 6.42 Å². The predicted molar refractivity (Wildman–Crippen MR) is 71.6 cm³/mol. The van der Waals surface area contributed by atoms with Crippen LogP contribution in [0.1, 0.15) is 24.4 Å². The lowest BCUT2D eigenvalue weighted by molar-refractivity contribution is -0.137. The van der Waals surface area contributed by atoms with Gasteiger partial charge in [0.15, 0.2) is 11.3 Å². The SMILES string of the molecule is COc1cc(C(N)CCC(=O)O)c(Cl)c2ccoc12. The summed E-state index contributed by atoms with van der Waals surface area (Å²) < 4.78 is 10.5. The molecule has 102 valence electrons. The van der Waals surface area contributed by atoms with Crippen LogP contribution < -0.4 is 10.5 Å². The van der Waals surface area contributed by atoms with Crippen molar-refractivity contribution >= 4 is 28.5 Å². The first-order chi connectivity index (χ1) is 9.04. The van der Waals surface area contributed by atoms with Gasteiger partial charge < -0.3 is 20.0 Å². The molecule has 2 aromatic rings. The smallest absolute Gasteiger partial charge is 0.303 e. The first-order valence-corrected chi connectivity index (χ1v) is 6.13. The first-order valence-electron chi connectivity index (χ1n) is 5.75. The number of halogens is 1. The molecule has 0 radical (unpaired) electrons. The van der Waals surface area contributed by atoms with Gasteiger partial charge in [0.25, 0.3) is 0 Å². The molecule has 0 saturated heterocycles. The summed E-state index contributed by atoms with van der Waals surface area (Å²) in [6.07, 6.45) is 1.82.